The van der Waals surface area contributed by atoms with Gasteiger partial charge in [0, 0.05) is 13.2 Å². The van der Waals surface area contributed by atoms with Crippen molar-refractivity contribution in [3.63, 3.8) is 0 Å². The van der Waals surface area contributed by atoms with Crippen LogP contribution in [0.3, 0.4) is 0 Å². The number of hydrogen-bond acceptors (Lipinski definition) is 4. The normalized spacial score (nSPS) is 10.7. The smallest absolute Gasteiger partial charge is 0.305 e. The maximum absolute atomic E-state index is 12.2. The molecule has 0 atom stereocenters. The summed E-state index contributed by atoms with van der Waals surface area (Å²) in [6.45, 7) is 0. The zero-order valence-electron chi connectivity index (χ0n) is 10.6. The SMILES string of the molecule is Cn1c(Oc2ccccc2Br)nc2cnccc2c1=O. The van der Waals surface area contributed by atoms with E-state index in [0.717, 1.165) is 4.47 Å². The summed E-state index contributed by atoms with van der Waals surface area (Å²) in [6.07, 6.45) is 3.11. The van der Waals surface area contributed by atoms with Crippen LogP contribution in [0.25, 0.3) is 10.9 Å². The van der Waals surface area contributed by atoms with E-state index in [-0.39, 0.29) is 11.6 Å². The number of nitrogens with zero attached hydrogens (tertiary/aromatic N) is 3. The van der Waals surface area contributed by atoms with E-state index in [1.165, 1.54) is 4.57 Å². The van der Waals surface area contributed by atoms with Crippen molar-refractivity contribution < 1.29 is 4.74 Å². The molecule has 0 bridgehead atoms. The second kappa shape index (κ2) is 5.05. The van der Waals surface area contributed by atoms with Gasteiger partial charge in [0.05, 0.1) is 21.6 Å². The van der Waals surface area contributed by atoms with Gasteiger partial charge in [0.15, 0.2) is 0 Å². The lowest BCUT2D eigenvalue weighted by Gasteiger charge is -2.10. The van der Waals surface area contributed by atoms with Crippen LogP contribution < -0.4 is 10.3 Å². The van der Waals surface area contributed by atoms with E-state index in [2.05, 4.69) is 25.9 Å². The molecule has 0 spiro atoms. The van der Waals surface area contributed by atoms with Crippen molar-refractivity contribution in [3.8, 4) is 11.8 Å². The van der Waals surface area contributed by atoms with Crippen LogP contribution in [-0.2, 0) is 7.05 Å². The molecule has 0 radical (unpaired) electrons. The molecule has 5 nitrogen and oxygen atoms in total. The van der Waals surface area contributed by atoms with Crippen molar-refractivity contribution in [2.45, 2.75) is 0 Å². The Kier molecular flexibility index (Phi) is 3.23. The summed E-state index contributed by atoms with van der Waals surface area (Å²) in [5, 5.41) is 0.516. The highest BCUT2D eigenvalue weighted by Crippen LogP contribution is 2.28. The fraction of sp³-hybridized carbons (Fsp3) is 0.0714. The molecule has 6 heteroatoms. The highest BCUT2D eigenvalue weighted by molar-refractivity contribution is 9.10. The summed E-state index contributed by atoms with van der Waals surface area (Å²) in [6, 6.07) is 9.25. The van der Waals surface area contributed by atoms with Crippen LogP contribution in [0, 0.1) is 0 Å². The van der Waals surface area contributed by atoms with E-state index in [0.29, 0.717) is 16.7 Å². The van der Waals surface area contributed by atoms with Crippen LogP contribution in [0.5, 0.6) is 11.8 Å². The third kappa shape index (κ3) is 2.18. The summed E-state index contributed by atoms with van der Waals surface area (Å²) in [5.41, 5.74) is 0.345. The Morgan fingerprint density at radius 1 is 1.25 bits per heavy atom. The maximum atomic E-state index is 12.2. The molecular formula is C14H10BrN3O2. The molecule has 0 fully saturated rings. The van der Waals surface area contributed by atoms with E-state index in [4.69, 9.17) is 4.74 Å². The van der Waals surface area contributed by atoms with Gasteiger partial charge in [-0.25, -0.2) is 0 Å². The first-order valence-electron chi connectivity index (χ1n) is 5.90. The Balaban J connectivity index is 2.15. The molecule has 20 heavy (non-hydrogen) atoms. The number of ether oxygens (including phenoxy) is 1. The minimum Gasteiger partial charge on any atom is -0.424 e. The van der Waals surface area contributed by atoms with Crippen LogP contribution in [-0.4, -0.2) is 14.5 Å². The fourth-order valence-electron chi connectivity index (χ4n) is 1.82. The molecule has 0 aliphatic rings. The molecule has 1 aromatic carbocycles. The summed E-state index contributed by atoms with van der Waals surface area (Å²) in [5.74, 6) is 0.596. The lowest BCUT2D eigenvalue weighted by atomic mass is 10.3. The average Bonchev–Trinajstić information content (AvgIpc) is 2.47. The number of halogens is 1. The van der Waals surface area contributed by atoms with Gasteiger partial charge in [-0.3, -0.25) is 14.3 Å². The Labute approximate surface area is 123 Å². The topological polar surface area (TPSA) is 57.0 Å². The van der Waals surface area contributed by atoms with Gasteiger partial charge in [0.1, 0.15) is 5.75 Å². The zero-order valence-corrected chi connectivity index (χ0v) is 12.2. The van der Waals surface area contributed by atoms with E-state index < -0.39 is 0 Å². The van der Waals surface area contributed by atoms with Crippen LogP contribution in [0.1, 0.15) is 0 Å². The first kappa shape index (κ1) is 12.8. The summed E-state index contributed by atoms with van der Waals surface area (Å²) < 4.78 is 7.87. The first-order chi connectivity index (χ1) is 9.66. The van der Waals surface area contributed by atoms with Crippen LogP contribution >= 0.6 is 15.9 Å². The molecule has 0 aliphatic carbocycles. The number of benzene rings is 1. The lowest BCUT2D eigenvalue weighted by molar-refractivity contribution is 0.413. The van der Waals surface area contributed by atoms with Crippen molar-refractivity contribution in [2.24, 2.45) is 7.05 Å². The van der Waals surface area contributed by atoms with Crippen molar-refractivity contribution in [1.82, 2.24) is 14.5 Å². The predicted molar refractivity (Wildman–Crippen MR) is 79.0 cm³/mol. The molecule has 0 N–H and O–H groups in total. The van der Waals surface area contributed by atoms with Gasteiger partial charge in [-0.05, 0) is 34.1 Å². The minimum absolute atomic E-state index is 0.167. The summed E-state index contributed by atoms with van der Waals surface area (Å²) >= 11 is 3.39. The number of para-hydroxylation sites is 1. The molecule has 0 unspecified atom stereocenters. The predicted octanol–water partition coefficient (Wildman–Crippen LogP) is 2.88. The van der Waals surface area contributed by atoms with Crippen molar-refractivity contribution in [2.75, 3.05) is 0 Å². The molecular weight excluding hydrogens is 322 g/mol. The largest absolute Gasteiger partial charge is 0.424 e. The Morgan fingerprint density at radius 3 is 2.85 bits per heavy atom. The Hall–Kier alpha value is -2.21. The standard InChI is InChI=1S/C14H10BrN3O2/c1-18-13(19)9-6-7-16-8-11(9)17-14(18)20-12-5-3-2-4-10(12)15/h2-8H,1H3. The van der Waals surface area contributed by atoms with E-state index in [1.54, 1.807) is 31.6 Å². The van der Waals surface area contributed by atoms with Gasteiger partial charge < -0.3 is 4.74 Å². The van der Waals surface area contributed by atoms with Crippen LogP contribution in [0.2, 0.25) is 0 Å². The highest BCUT2D eigenvalue weighted by atomic mass is 79.9. The van der Waals surface area contributed by atoms with Crippen LogP contribution in [0.15, 0.2) is 52.0 Å². The molecule has 0 saturated carbocycles. The average molecular weight is 332 g/mol. The highest BCUT2D eigenvalue weighted by Gasteiger charge is 2.11. The monoisotopic (exact) mass is 331 g/mol. The summed E-state index contributed by atoms with van der Waals surface area (Å²) in [4.78, 5) is 20.5. The fourth-order valence-corrected chi connectivity index (χ4v) is 2.18. The van der Waals surface area contributed by atoms with E-state index >= 15 is 0 Å². The second-order valence-electron chi connectivity index (χ2n) is 4.18. The molecule has 3 rings (SSSR count). The zero-order chi connectivity index (χ0) is 14.1. The number of hydrogen-bond donors (Lipinski definition) is 0. The van der Waals surface area contributed by atoms with Gasteiger partial charge in [-0.1, -0.05) is 12.1 Å². The van der Waals surface area contributed by atoms with Gasteiger partial charge in [-0.15, -0.1) is 0 Å². The number of fused-ring (bicyclic) bond motifs is 1. The lowest BCUT2D eigenvalue weighted by Crippen LogP contribution is -2.19. The van der Waals surface area contributed by atoms with Crippen molar-refractivity contribution >= 4 is 26.8 Å². The summed E-state index contributed by atoms with van der Waals surface area (Å²) in [7, 11) is 1.63. The minimum atomic E-state index is -0.167. The molecule has 3 aromatic rings. The van der Waals surface area contributed by atoms with Gasteiger partial charge in [-0.2, -0.15) is 4.98 Å². The maximum Gasteiger partial charge on any atom is 0.305 e. The Morgan fingerprint density at radius 2 is 2.05 bits per heavy atom. The van der Waals surface area contributed by atoms with Crippen molar-refractivity contribution in [1.29, 1.82) is 0 Å². The Bertz CT molecular complexity index is 845. The molecule has 2 heterocycles. The van der Waals surface area contributed by atoms with Crippen molar-refractivity contribution in [3.05, 3.63) is 57.6 Å². The number of aromatic nitrogens is 3. The quantitative estimate of drug-likeness (QED) is 0.724. The van der Waals surface area contributed by atoms with Gasteiger partial charge >= 0.3 is 6.01 Å². The first-order valence-corrected chi connectivity index (χ1v) is 6.69. The van der Waals surface area contributed by atoms with Gasteiger partial charge in [0.2, 0.25) is 0 Å². The number of pyridine rings is 1. The molecule has 0 aliphatic heterocycles. The number of rotatable bonds is 2. The van der Waals surface area contributed by atoms with E-state index in [9.17, 15) is 4.79 Å². The van der Waals surface area contributed by atoms with E-state index in [1.807, 2.05) is 18.2 Å². The van der Waals surface area contributed by atoms with Crippen LogP contribution in [0.4, 0.5) is 0 Å². The third-order valence-corrected chi connectivity index (χ3v) is 3.53. The molecule has 2 aromatic heterocycles. The third-order valence-electron chi connectivity index (χ3n) is 2.88. The molecule has 100 valence electrons. The second-order valence-corrected chi connectivity index (χ2v) is 5.04. The molecule has 0 saturated heterocycles. The van der Waals surface area contributed by atoms with Gasteiger partial charge in [0.25, 0.3) is 5.56 Å². The molecule has 0 amide bonds.